The van der Waals surface area contributed by atoms with Gasteiger partial charge < -0.3 is 10.4 Å². The first-order chi connectivity index (χ1) is 6.22. The molecule has 76 valence electrons. The van der Waals surface area contributed by atoms with Crippen molar-refractivity contribution in [2.45, 2.75) is 38.6 Å². The molecule has 0 aliphatic heterocycles. The van der Waals surface area contributed by atoms with E-state index in [1.165, 1.54) is 0 Å². The highest BCUT2D eigenvalue weighted by Crippen LogP contribution is 2.03. The van der Waals surface area contributed by atoms with Crippen molar-refractivity contribution in [3.05, 3.63) is 12.7 Å². The van der Waals surface area contributed by atoms with Crippen LogP contribution in [0.4, 0.5) is 0 Å². The Bertz CT molecular complexity index is 157. The molecule has 0 aliphatic rings. The molecule has 0 aromatic rings. The Labute approximate surface area is 79.8 Å². The molecule has 0 aromatic carbocycles. The molecule has 13 heavy (non-hydrogen) atoms. The molecule has 1 atom stereocenters. The van der Waals surface area contributed by atoms with Crippen LogP contribution in [0.15, 0.2) is 12.7 Å². The van der Waals surface area contributed by atoms with Crippen LogP contribution >= 0.6 is 0 Å². The summed E-state index contributed by atoms with van der Waals surface area (Å²) in [6, 6.07) is -0.412. The van der Waals surface area contributed by atoms with E-state index >= 15 is 0 Å². The van der Waals surface area contributed by atoms with E-state index in [0.29, 0.717) is 13.0 Å². The van der Waals surface area contributed by atoms with Gasteiger partial charge in [-0.2, -0.15) is 0 Å². The number of carboxylic acid groups (broad SMARTS) is 1. The molecule has 0 aliphatic carbocycles. The Morgan fingerprint density at radius 1 is 1.62 bits per heavy atom. The monoisotopic (exact) mass is 185 g/mol. The standard InChI is InChI=1S/C10H19NO2/c1-3-5-6-7-9(10(12)13)11-8-4-2/h4,9,11H,2-3,5-8H2,1H3,(H,12,13). The number of carboxylic acids is 1. The van der Waals surface area contributed by atoms with Gasteiger partial charge in [0.25, 0.3) is 0 Å². The number of nitrogens with one attached hydrogen (secondary N) is 1. The molecule has 0 spiro atoms. The zero-order valence-electron chi connectivity index (χ0n) is 8.25. The van der Waals surface area contributed by atoms with Gasteiger partial charge in [-0.15, -0.1) is 6.58 Å². The summed E-state index contributed by atoms with van der Waals surface area (Å²) in [5.74, 6) is -0.766. The number of rotatable bonds is 8. The van der Waals surface area contributed by atoms with Gasteiger partial charge in [-0.05, 0) is 6.42 Å². The number of unbranched alkanes of at least 4 members (excludes halogenated alkanes) is 2. The zero-order chi connectivity index (χ0) is 10.1. The van der Waals surface area contributed by atoms with E-state index in [9.17, 15) is 4.79 Å². The van der Waals surface area contributed by atoms with E-state index in [1.807, 2.05) is 0 Å². The van der Waals surface area contributed by atoms with Crippen LogP contribution in [-0.2, 0) is 4.79 Å². The third kappa shape index (κ3) is 6.34. The second-order valence-electron chi connectivity index (χ2n) is 3.08. The predicted octanol–water partition coefficient (Wildman–Crippen LogP) is 1.80. The average molecular weight is 185 g/mol. The fraction of sp³-hybridized carbons (Fsp3) is 0.700. The fourth-order valence-corrected chi connectivity index (χ4v) is 1.14. The number of hydrogen-bond acceptors (Lipinski definition) is 2. The second kappa shape index (κ2) is 7.80. The maximum atomic E-state index is 10.7. The minimum Gasteiger partial charge on any atom is -0.480 e. The van der Waals surface area contributed by atoms with E-state index in [4.69, 9.17) is 5.11 Å². The first kappa shape index (κ1) is 12.2. The van der Waals surface area contributed by atoms with Gasteiger partial charge in [0.1, 0.15) is 6.04 Å². The molecular formula is C10H19NO2. The van der Waals surface area contributed by atoms with Crippen LogP contribution in [0.25, 0.3) is 0 Å². The van der Waals surface area contributed by atoms with Crippen molar-refractivity contribution < 1.29 is 9.90 Å². The molecule has 0 saturated heterocycles. The van der Waals surface area contributed by atoms with Gasteiger partial charge in [0.05, 0.1) is 0 Å². The summed E-state index contributed by atoms with van der Waals surface area (Å²) in [4.78, 5) is 10.7. The topological polar surface area (TPSA) is 49.3 Å². The molecular weight excluding hydrogens is 166 g/mol. The molecule has 2 N–H and O–H groups in total. The fourth-order valence-electron chi connectivity index (χ4n) is 1.14. The Morgan fingerprint density at radius 3 is 2.77 bits per heavy atom. The largest absolute Gasteiger partial charge is 0.480 e. The molecule has 1 unspecified atom stereocenters. The van der Waals surface area contributed by atoms with Gasteiger partial charge in [-0.3, -0.25) is 4.79 Å². The normalized spacial score (nSPS) is 12.4. The van der Waals surface area contributed by atoms with Crippen molar-refractivity contribution in [1.29, 1.82) is 0 Å². The Morgan fingerprint density at radius 2 is 2.31 bits per heavy atom. The number of hydrogen-bond donors (Lipinski definition) is 2. The maximum Gasteiger partial charge on any atom is 0.320 e. The first-order valence-corrected chi connectivity index (χ1v) is 4.79. The first-order valence-electron chi connectivity index (χ1n) is 4.79. The van der Waals surface area contributed by atoms with Crippen molar-refractivity contribution in [3.63, 3.8) is 0 Å². The molecule has 0 aromatic heterocycles. The minimum atomic E-state index is -0.766. The van der Waals surface area contributed by atoms with Crippen molar-refractivity contribution in [2.24, 2.45) is 0 Å². The Kier molecular flexibility index (Phi) is 7.30. The van der Waals surface area contributed by atoms with Gasteiger partial charge in [-0.1, -0.05) is 32.3 Å². The van der Waals surface area contributed by atoms with Crippen LogP contribution in [-0.4, -0.2) is 23.7 Å². The molecule has 0 amide bonds. The van der Waals surface area contributed by atoms with E-state index in [1.54, 1.807) is 6.08 Å². The van der Waals surface area contributed by atoms with Gasteiger partial charge in [0, 0.05) is 6.54 Å². The lowest BCUT2D eigenvalue weighted by molar-refractivity contribution is -0.139. The molecule has 0 rings (SSSR count). The molecule has 3 heteroatoms. The lowest BCUT2D eigenvalue weighted by Gasteiger charge is -2.12. The predicted molar refractivity (Wildman–Crippen MR) is 53.8 cm³/mol. The quantitative estimate of drug-likeness (QED) is 0.448. The SMILES string of the molecule is C=CCNC(CCCCC)C(=O)O. The highest BCUT2D eigenvalue weighted by Gasteiger charge is 2.14. The lowest BCUT2D eigenvalue weighted by Crippen LogP contribution is -2.36. The molecule has 0 fully saturated rings. The summed E-state index contributed by atoms with van der Waals surface area (Å²) in [6.07, 6.45) is 5.57. The van der Waals surface area contributed by atoms with Gasteiger partial charge in [0.15, 0.2) is 0 Å². The molecule has 0 saturated carbocycles. The molecule has 3 nitrogen and oxygen atoms in total. The minimum absolute atomic E-state index is 0.412. The van der Waals surface area contributed by atoms with Gasteiger partial charge in [0.2, 0.25) is 0 Å². The summed E-state index contributed by atoms with van der Waals surface area (Å²) in [5.41, 5.74) is 0. The Balaban J connectivity index is 3.66. The van der Waals surface area contributed by atoms with Crippen LogP contribution < -0.4 is 5.32 Å². The maximum absolute atomic E-state index is 10.7. The van der Waals surface area contributed by atoms with E-state index in [0.717, 1.165) is 19.3 Å². The molecule has 0 bridgehead atoms. The summed E-state index contributed by atoms with van der Waals surface area (Å²) in [6.45, 7) is 6.20. The van der Waals surface area contributed by atoms with Crippen LogP contribution in [0.2, 0.25) is 0 Å². The van der Waals surface area contributed by atoms with E-state index in [2.05, 4.69) is 18.8 Å². The summed E-state index contributed by atoms with van der Waals surface area (Å²) < 4.78 is 0. The van der Waals surface area contributed by atoms with E-state index < -0.39 is 12.0 Å². The van der Waals surface area contributed by atoms with Gasteiger partial charge in [-0.25, -0.2) is 0 Å². The van der Waals surface area contributed by atoms with E-state index in [-0.39, 0.29) is 0 Å². The third-order valence-corrected chi connectivity index (χ3v) is 1.90. The van der Waals surface area contributed by atoms with Crippen LogP contribution in [0, 0.1) is 0 Å². The molecule has 0 radical (unpaired) electrons. The van der Waals surface area contributed by atoms with Crippen molar-refractivity contribution >= 4 is 5.97 Å². The Hall–Kier alpha value is -0.830. The number of aliphatic carboxylic acids is 1. The van der Waals surface area contributed by atoms with Gasteiger partial charge >= 0.3 is 5.97 Å². The lowest BCUT2D eigenvalue weighted by atomic mass is 10.1. The van der Waals surface area contributed by atoms with Crippen molar-refractivity contribution in [3.8, 4) is 0 Å². The molecule has 0 heterocycles. The van der Waals surface area contributed by atoms with Crippen molar-refractivity contribution in [1.82, 2.24) is 5.32 Å². The van der Waals surface area contributed by atoms with Crippen LogP contribution in [0.5, 0.6) is 0 Å². The second-order valence-corrected chi connectivity index (χ2v) is 3.08. The van der Waals surface area contributed by atoms with Crippen molar-refractivity contribution in [2.75, 3.05) is 6.54 Å². The van der Waals surface area contributed by atoms with Crippen LogP contribution in [0.1, 0.15) is 32.6 Å². The van der Waals surface area contributed by atoms with Crippen LogP contribution in [0.3, 0.4) is 0 Å². The highest BCUT2D eigenvalue weighted by molar-refractivity contribution is 5.73. The summed E-state index contributed by atoms with van der Waals surface area (Å²) >= 11 is 0. The smallest absolute Gasteiger partial charge is 0.320 e. The summed E-state index contributed by atoms with van der Waals surface area (Å²) in [5, 5.41) is 11.7. The average Bonchev–Trinajstić information content (AvgIpc) is 2.10. The zero-order valence-corrected chi connectivity index (χ0v) is 8.25. The third-order valence-electron chi connectivity index (χ3n) is 1.90. The number of carbonyl (C=O) groups is 1. The summed E-state index contributed by atoms with van der Waals surface area (Å²) in [7, 11) is 0. The highest BCUT2D eigenvalue weighted by atomic mass is 16.4.